The molecular weight excluding hydrogens is 699 g/mol. The third-order valence-corrected chi connectivity index (χ3v) is 9.35. The van der Waals surface area contributed by atoms with Crippen LogP contribution in [0.15, 0.2) is 71.7 Å². The van der Waals surface area contributed by atoms with E-state index >= 15 is 0 Å². The van der Waals surface area contributed by atoms with Gasteiger partial charge >= 0.3 is 25.4 Å². The van der Waals surface area contributed by atoms with Crippen molar-refractivity contribution in [2.24, 2.45) is 0 Å². The van der Waals surface area contributed by atoms with E-state index in [1.54, 1.807) is 45.9 Å². The first-order chi connectivity index (χ1) is 24.6. The third-order valence-electron chi connectivity index (χ3n) is 7.72. The van der Waals surface area contributed by atoms with Crippen molar-refractivity contribution < 1.29 is 52.5 Å². The molecule has 1 fully saturated rings. The van der Waals surface area contributed by atoms with Crippen LogP contribution in [0, 0.1) is 0 Å². The number of nitrogens with zero attached hydrogens (tertiary/aromatic N) is 2. The van der Waals surface area contributed by atoms with E-state index in [0.717, 1.165) is 10.1 Å². The van der Waals surface area contributed by atoms with Gasteiger partial charge < -0.3 is 28.9 Å². The molecule has 4 N–H and O–H groups in total. The van der Waals surface area contributed by atoms with Gasteiger partial charge in [-0.05, 0) is 71.2 Å². The number of nitrogens with one attached hydrogen (secondary N) is 2. The molecule has 0 spiro atoms. The molecule has 1 aliphatic rings. The molecule has 0 saturated carbocycles. The first-order valence-corrected chi connectivity index (χ1v) is 18.4. The Bertz CT molecular complexity index is 1750. The zero-order valence-corrected chi connectivity index (χ0v) is 30.9. The third kappa shape index (κ3) is 11.2. The van der Waals surface area contributed by atoms with Crippen molar-refractivity contribution in [3.05, 3.63) is 88.5 Å². The predicted molar refractivity (Wildman–Crippen MR) is 188 cm³/mol. The van der Waals surface area contributed by atoms with Crippen molar-refractivity contribution in [3.8, 4) is 5.75 Å². The maximum atomic E-state index is 14.3. The lowest BCUT2D eigenvalue weighted by atomic mass is 9.96. The number of aliphatic hydroxyl groups excluding tert-OH is 1. The Morgan fingerprint density at radius 2 is 1.69 bits per heavy atom. The number of para-hydroxylation sites is 1. The van der Waals surface area contributed by atoms with E-state index in [9.17, 15) is 29.2 Å². The van der Waals surface area contributed by atoms with Crippen molar-refractivity contribution in [2.75, 3.05) is 12.1 Å². The molecule has 52 heavy (non-hydrogen) atoms. The van der Waals surface area contributed by atoms with Gasteiger partial charge in [-0.2, -0.15) is 10.1 Å². The first kappa shape index (κ1) is 40.6. The SMILES string of the molecule is CC(C)OC(=O)CCc1ccccc1OP(=O)(N[C@@H](C)C(=O)OC(C)C)OC[C@H]1O[C@@H](n2ccc(NOCc3ccccc3)nc2=O)[C@](C)(O)[C@@H]1O. The maximum Gasteiger partial charge on any atom is 0.459 e. The number of aryl methyl sites for hydroxylation is 1. The minimum absolute atomic E-state index is 0.0127. The van der Waals surface area contributed by atoms with Crippen molar-refractivity contribution in [2.45, 2.75) is 103 Å². The van der Waals surface area contributed by atoms with Gasteiger partial charge in [-0.15, -0.1) is 0 Å². The van der Waals surface area contributed by atoms with Crippen LogP contribution in [0.2, 0.25) is 0 Å². The largest absolute Gasteiger partial charge is 0.463 e. The second-order valence-corrected chi connectivity index (χ2v) is 14.6. The average Bonchev–Trinajstić information content (AvgIpc) is 3.30. The van der Waals surface area contributed by atoms with Crippen LogP contribution in [0.3, 0.4) is 0 Å². The highest BCUT2D eigenvalue weighted by Gasteiger charge is 2.54. The van der Waals surface area contributed by atoms with E-state index in [1.807, 2.05) is 30.3 Å². The van der Waals surface area contributed by atoms with Crippen molar-refractivity contribution in [1.82, 2.24) is 14.6 Å². The highest BCUT2D eigenvalue weighted by Crippen LogP contribution is 2.48. The summed E-state index contributed by atoms with van der Waals surface area (Å²) in [7, 11) is -4.50. The summed E-state index contributed by atoms with van der Waals surface area (Å²) in [4.78, 5) is 47.3. The van der Waals surface area contributed by atoms with E-state index < -0.39 is 68.2 Å². The van der Waals surface area contributed by atoms with E-state index in [1.165, 1.54) is 32.2 Å². The second kappa shape index (κ2) is 18.1. The summed E-state index contributed by atoms with van der Waals surface area (Å²) >= 11 is 0. The lowest BCUT2D eigenvalue weighted by molar-refractivity contribution is -0.149. The zero-order chi connectivity index (χ0) is 38.1. The Balaban J connectivity index is 1.49. The fourth-order valence-corrected chi connectivity index (χ4v) is 6.71. The number of aliphatic hydroxyl groups is 2. The fourth-order valence-electron chi connectivity index (χ4n) is 5.17. The van der Waals surface area contributed by atoms with Gasteiger partial charge in [0.15, 0.2) is 12.0 Å². The van der Waals surface area contributed by atoms with Crippen LogP contribution in [0.25, 0.3) is 0 Å². The normalized spacial score (nSPS) is 21.8. The first-order valence-electron chi connectivity index (χ1n) is 16.8. The topological polar surface area (TPSA) is 206 Å². The van der Waals surface area contributed by atoms with E-state index in [0.29, 0.717) is 5.56 Å². The number of rotatable bonds is 18. The molecule has 284 valence electrons. The molecule has 16 nitrogen and oxygen atoms in total. The van der Waals surface area contributed by atoms with Crippen LogP contribution < -0.4 is 20.8 Å². The Labute approximate surface area is 301 Å². The summed E-state index contributed by atoms with van der Waals surface area (Å²) < 4.78 is 43.3. The van der Waals surface area contributed by atoms with Gasteiger partial charge in [0, 0.05) is 12.6 Å². The van der Waals surface area contributed by atoms with Gasteiger partial charge in [0.2, 0.25) is 0 Å². The number of benzene rings is 2. The van der Waals surface area contributed by atoms with Crippen LogP contribution in [0.5, 0.6) is 5.75 Å². The molecule has 1 saturated heterocycles. The number of hydrogen-bond donors (Lipinski definition) is 4. The number of carbonyl (C=O) groups excluding carboxylic acids is 2. The molecule has 17 heteroatoms. The van der Waals surface area contributed by atoms with Gasteiger partial charge in [0.25, 0.3) is 0 Å². The Morgan fingerprint density at radius 3 is 2.37 bits per heavy atom. The van der Waals surface area contributed by atoms with Gasteiger partial charge in [-0.25, -0.2) is 14.8 Å². The van der Waals surface area contributed by atoms with Crippen LogP contribution in [0.4, 0.5) is 5.82 Å². The summed E-state index contributed by atoms with van der Waals surface area (Å²) in [5.41, 5.74) is 1.13. The summed E-state index contributed by atoms with van der Waals surface area (Å²) in [6.45, 7) is 9.04. The van der Waals surface area contributed by atoms with Crippen LogP contribution in [-0.2, 0) is 50.8 Å². The molecule has 2 heterocycles. The molecule has 1 unspecified atom stereocenters. The molecule has 0 bridgehead atoms. The number of anilines is 1. The van der Waals surface area contributed by atoms with Crippen LogP contribution >= 0.6 is 7.75 Å². The van der Waals surface area contributed by atoms with Gasteiger partial charge in [0.1, 0.15) is 29.6 Å². The molecule has 2 aromatic carbocycles. The molecule has 1 aliphatic heterocycles. The molecule has 4 rings (SSSR count). The number of aromatic nitrogens is 2. The summed E-state index contributed by atoms with van der Waals surface area (Å²) in [5, 5.41) is 25.0. The smallest absolute Gasteiger partial charge is 0.459 e. The van der Waals surface area contributed by atoms with Crippen LogP contribution in [-0.4, -0.2) is 74.4 Å². The van der Waals surface area contributed by atoms with Crippen molar-refractivity contribution in [3.63, 3.8) is 0 Å². The minimum atomic E-state index is -4.50. The molecule has 3 aromatic rings. The fraction of sp³-hybridized carbons (Fsp3) is 0.486. The lowest BCUT2D eigenvalue weighted by Crippen LogP contribution is -2.46. The van der Waals surface area contributed by atoms with Crippen molar-refractivity contribution in [1.29, 1.82) is 0 Å². The van der Waals surface area contributed by atoms with E-state index in [4.69, 9.17) is 28.1 Å². The minimum Gasteiger partial charge on any atom is -0.463 e. The second-order valence-electron chi connectivity index (χ2n) is 12.9. The molecule has 1 aromatic heterocycles. The number of esters is 2. The Kier molecular flexibility index (Phi) is 14.1. The van der Waals surface area contributed by atoms with Gasteiger partial charge in [-0.3, -0.25) is 23.5 Å². The summed E-state index contributed by atoms with van der Waals surface area (Å²) in [5.74, 6) is -0.973. The monoisotopic (exact) mass is 746 g/mol. The van der Waals surface area contributed by atoms with E-state index in [2.05, 4.69) is 15.6 Å². The highest BCUT2D eigenvalue weighted by atomic mass is 31.2. The molecule has 0 amide bonds. The molecule has 6 atom stereocenters. The van der Waals surface area contributed by atoms with E-state index in [-0.39, 0.29) is 37.1 Å². The van der Waals surface area contributed by atoms with Crippen LogP contribution in [0.1, 0.15) is 65.3 Å². The van der Waals surface area contributed by atoms with Crippen molar-refractivity contribution >= 4 is 25.5 Å². The van der Waals surface area contributed by atoms with Gasteiger partial charge in [0.05, 0.1) is 25.4 Å². The molecule has 0 aliphatic carbocycles. The highest BCUT2D eigenvalue weighted by molar-refractivity contribution is 7.52. The number of carbonyl (C=O) groups is 2. The summed E-state index contributed by atoms with van der Waals surface area (Å²) in [6, 6.07) is 16.1. The quantitative estimate of drug-likeness (QED) is 0.0830. The lowest BCUT2D eigenvalue weighted by Gasteiger charge is -2.27. The predicted octanol–water partition coefficient (Wildman–Crippen LogP) is 3.81. The maximum absolute atomic E-state index is 14.3. The number of hydrogen-bond acceptors (Lipinski definition) is 14. The average molecular weight is 747 g/mol. The summed E-state index contributed by atoms with van der Waals surface area (Å²) in [6.07, 6.45) is -3.68. The molecule has 0 radical (unpaired) electrons. The zero-order valence-electron chi connectivity index (χ0n) is 30.0. The Hall–Kier alpha value is -4.15. The Morgan fingerprint density at radius 1 is 1.02 bits per heavy atom. The van der Waals surface area contributed by atoms with Gasteiger partial charge in [-0.1, -0.05) is 48.5 Å². The standard InChI is InChI=1S/C35H47N4O12P/c1-22(2)48-30(40)17-16-26-14-10-11-15-27(26)51-52(45,38-24(5)32(42)49-23(3)4)47-21-28-31(41)35(6,44)33(50-28)39-19-18-29(36-34(39)43)37-46-20-25-12-8-7-9-13-25/h7-15,18-19,22-24,28,31,33,41,44H,16-17,20-21H2,1-6H3,(H,38,45)(H,36,37,43)/t24-,28+,31+,33+,35+,52?/m0/s1. The number of ether oxygens (including phenoxy) is 3. The molecular formula is C35H47N4O12P.